The van der Waals surface area contributed by atoms with Gasteiger partial charge in [0.2, 0.25) is 5.78 Å². The van der Waals surface area contributed by atoms with Crippen LogP contribution in [0, 0.1) is 0 Å². The number of aryl methyl sites for hydroxylation is 1. The van der Waals surface area contributed by atoms with Crippen molar-refractivity contribution in [1.82, 2.24) is 0 Å². The molecule has 0 aliphatic rings. The first kappa shape index (κ1) is 14.3. The van der Waals surface area contributed by atoms with Gasteiger partial charge in [-0.25, -0.2) is 0 Å². The summed E-state index contributed by atoms with van der Waals surface area (Å²) in [7, 11) is 0. The second kappa shape index (κ2) is 5.90. The van der Waals surface area contributed by atoms with Crippen LogP contribution < -0.4 is 0 Å². The lowest BCUT2D eigenvalue weighted by Crippen LogP contribution is -2.22. The highest BCUT2D eigenvalue weighted by atomic mass is 19.4. The van der Waals surface area contributed by atoms with Crippen molar-refractivity contribution in [1.29, 1.82) is 0 Å². The van der Waals surface area contributed by atoms with E-state index in [1.165, 1.54) is 0 Å². The van der Waals surface area contributed by atoms with Crippen molar-refractivity contribution in [2.75, 3.05) is 0 Å². The fraction of sp³-hybridized carbons (Fsp3) is 0.188. The van der Waals surface area contributed by atoms with Gasteiger partial charge in [-0.05, 0) is 23.1 Å². The smallest absolute Gasteiger partial charge is 0.290 e. The third-order valence-corrected chi connectivity index (χ3v) is 3.02. The van der Waals surface area contributed by atoms with Gasteiger partial charge in [0.15, 0.2) is 0 Å². The van der Waals surface area contributed by atoms with Crippen LogP contribution >= 0.6 is 0 Å². The first-order valence-electron chi connectivity index (χ1n) is 6.21. The summed E-state index contributed by atoms with van der Waals surface area (Å²) in [6.07, 6.45) is -5.13. The average Bonchev–Trinajstić information content (AvgIpc) is 2.45. The number of hydrogen-bond acceptors (Lipinski definition) is 1. The number of carbonyl (C=O) groups is 1. The number of rotatable bonds is 4. The summed E-state index contributed by atoms with van der Waals surface area (Å²) < 4.78 is 36.3. The Balaban J connectivity index is 2.01. The predicted molar refractivity (Wildman–Crippen MR) is 71.3 cm³/mol. The molecular formula is C16H13F3O. The Morgan fingerprint density at radius 1 is 0.850 bits per heavy atom. The molecular weight excluding hydrogens is 265 g/mol. The van der Waals surface area contributed by atoms with E-state index in [4.69, 9.17) is 0 Å². The van der Waals surface area contributed by atoms with E-state index in [9.17, 15) is 18.0 Å². The van der Waals surface area contributed by atoms with Crippen LogP contribution in [0.15, 0.2) is 54.6 Å². The number of alkyl halides is 3. The minimum atomic E-state index is -4.73. The molecule has 1 nitrogen and oxygen atoms in total. The number of carbonyl (C=O) groups excluding carboxylic acids is 1. The minimum Gasteiger partial charge on any atom is -0.290 e. The molecule has 0 aliphatic carbocycles. The van der Waals surface area contributed by atoms with E-state index in [2.05, 4.69) is 0 Å². The molecule has 0 saturated heterocycles. The summed E-state index contributed by atoms with van der Waals surface area (Å²) in [6, 6.07) is 16.9. The topological polar surface area (TPSA) is 17.1 Å². The predicted octanol–water partition coefficient (Wildman–Crippen LogP) is 4.42. The van der Waals surface area contributed by atoms with E-state index in [-0.39, 0.29) is 6.42 Å². The Morgan fingerprint density at radius 2 is 1.40 bits per heavy atom. The molecule has 2 aromatic carbocycles. The van der Waals surface area contributed by atoms with Crippen LogP contribution in [0.25, 0.3) is 11.1 Å². The SMILES string of the molecule is O=C(CCc1ccc(-c2ccccc2)cc1)C(F)(F)F. The van der Waals surface area contributed by atoms with Crippen molar-refractivity contribution in [2.24, 2.45) is 0 Å². The molecule has 4 heteroatoms. The Morgan fingerprint density at radius 3 is 1.95 bits per heavy atom. The summed E-state index contributed by atoms with van der Waals surface area (Å²) in [6.45, 7) is 0. The molecule has 0 radical (unpaired) electrons. The molecule has 0 amide bonds. The van der Waals surface area contributed by atoms with Gasteiger partial charge >= 0.3 is 6.18 Å². The fourth-order valence-corrected chi connectivity index (χ4v) is 1.89. The van der Waals surface area contributed by atoms with Gasteiger partial charge in [-0.1, -0.05) is 54.6 Å². The molecule has 0 heterocycles. The monoisotopic (exact) mass is 278 g/mol. The zero-order valence-corrected chi connectivity index (χ0v) is 10.7. The molecule has 0 unspecified atom stereocenters. The highest BCUT2D eigenvalue weighted by molar-refractivity contribution is 5.84. The molecule has 0 bridgehead atoms. The molecule has 0 aliphatic heterocycles. The fourth-order valence-electron chi connectivity index (χ4n) is 1.89. The second-order valence-corrected chi connectivity index (χ2v) is 4.48. The molecule has 2 rings (SSSR count). The number of benzene rings is 2. The van der Waals surface area contributed by atoms with Crippen LogP contribution in [0.1, 0.15) is 12.0 Å². The number of Topliss-reactive ketones (excluding diaryl/α,β-unsaturated/α-hetero) is 1. The third-order valence-electron chi connectivity index (χ3n) is 3.02. The van der Waals surface area contributed by atoms with Crippen LogP contribution in [0.2, 0.25) is 0 Å². The first-order chi connectivity index (χ1) is 9.47. The standard InChI is InChI=1S/C16H13F3O/c17-16(18,19)15(20)11-8-12-6-9-14(10-7-12)13-4-2-1-3-5-13/h1-7,9-10H,8,11H2. The molecule has 0 atom stereocenters. The molecule has 0 fully saturated rings. The van der Waals surface area contributed by atoms with E-state index in [0.29, 0.717) is 0 Å². The lowest BCUT2D eigenvalue weighted by atomic mass is 10.0. The van der Waals surface area contributed by atoms with E-state index < -0.39 is 18.4 Å². The van der Waals surface area contributed by atoms with Crippen LogP contribution in [0.5, 0.6) is 0 Å². The number of ketones is 1. The van der Waals surface area contributed by atoms with Crippen molar-refractivity contribution >= 4 is 5.78 Å². The maximum Gasteiger partial charge on any atom is 0.449 e. The highest BCUT2D eigenvalue weighted by Gasteiger charge is 2.37. The maximum absolute atomic E-state index is 12.1. The van der Waals surface area contributed by atoms with Gasteiger partial charge in [-0.15, -0.1) is 0 Å². The summed E-state index contributed by atoms with van der Waals surface area (Å²) >= 11 is 0. The lowest BCUT2D eigenvalue weighted by molar-refractivity contribution is -0.171. The zero-order valence-electron chi connectivity index (χ0n) is 10.7. The van der Waals surface area contributed by atoms with E-state index in [1.807, 2.05) is 42.5 Å². The van der Waals surface area contributed by atoms with Crippen molar-refractivity contribution in [3.05, 3.63) is 60.2 Å². The zero-order chi connectivity index (χ0) is 14.6. The van der Waals surface area contributed by atoms with Crippen LogP contribution in [-0.4, -0.2) is 12.0 Å². The molecule has 104 valence electrons. The van der Waals surface area contributed by atoms with E-state index in [1.54, 1.807) is 12.1 Å². The lowest BCUT2D eigenvalue weighted by Gasteiger charge is -2.06. The normalized spacial score (nSPS) is 11.3. The third kappa shape index (κ3) is 3.70. The Hall–Kier alpha value is -2.10. The van der Waals surface area contributed by atoms with Crippen molar-refractivity contribution < 1.29 is 18.0 Å². The highest BCUT2D eigenvalue weighted by Crippen LogP contribution is 2.22. The van der Waals surface area contributed by atoms with Gasteiger partial charge < -0.3 is 0 Å². The summed E-state index contributed by atoms with van der Waals surface area (Å²) in [4.78, 5) is 10.8. The van der Waals surface area contributed by atoms with Gasteiger partial charge in [0.05, 0.1) is 0 Å². The van der Waals surface area contributed by atoms with Gasteiger partial charge in [0.1, 0.15) is 0 Å². The molecule has 0 saturated carbocycles. The Labute approximate surface area is 115 Å². The van der Waals surface area contributed by atoms with E-state index in [0.717, 1.165) is 16.7 Å². The van der Waals surface area contributed by atoms with Crippen molar-refractivity contribution in [3.8, 4) is 11.1 Å². The average molecular weight is 278 g/mol. The van der Waals surface area contributed by atoms with Gasteiger partial charge in [0, 0.05) is 6.42 Å². The largest absolute Gasteiger partial charge is 0.449 e. The van der Waals surface area contributed by atoms with E-state index >= 15 is 0 Å². The molecule has 0 aromatic heterocycles. The first-order valence-corrected chi connectivity index (χ1v) is 6.21. The Kier molecular flexibility index (Phi) is 4.23. The second-order valence-electron chi connectivity index (χ2n) is 4.48. The number of halogens is 3. The van der Waals surface area contributed by atoms with Crippen LogP contribution in [-0.2, 0) is 11.2 Å². The molecule has 2 aromatic rings. The maximum atomic E-state index is 12.1. The molecule has 0 N–H and O–H groups in total. The summed E-state index contributed by atoms with van der Waals surface area (Å²) in [5.74, 6) is -1.68. The number of hydrogen-bond donors (Lipinski definition) is 0. The van der Waals surface area contributed by atoms with Crippen molar-refractivity contribution in [3.63, 3.8) is 0 Å². The van der Waals surface area contributed by atoms with Gasteiger partial charge in [0.25, 0.3) is 0 Å². The van der Waals surface area contributed by atoms with Gasteiger partial charge in [-0.2, -0.15) is 13.2 Å². The van der Waals surface area contributed by atoms with Crippen LogP contribution in [0.4, 0.5) is 13.2 Å². The Bertz CT molecular complexity index is 571. The molecule has 0 spiro atoms. The van der Waals surface area contributed by atoms with Crippen molar-refractivity contribution in [2.45, 2.75) is 19.0 Å². The summed E-state index contributed by atoms with van der Waals surface area (Å²) in [5, 5.41) is 0. The quantitative estimate of drug-likeness (QED) is 0.809. The molecule has 20 heavy (non-hydrogen) atoms. The van der Waals surface area contributed by atoms with Crippen LogP contribution in [0.3, 0.4) is 0 Å². The minimum absolute atomic E-state index is 0.105. The summed E-state index contributed by atoms with van der Waals surface area (Å²) in [5.41, 5.74) is 2.77. The van der Waals surface area contributed by atoms with Gasteiger partial charge in [-0.3, -0.25) is 4.79 Å².